The zero-order valence-electron chi connectivity index (χ0n) is 10.6. The number of benzene rings is 1. The number of H-pyrrole nitrogens is 1. The van der Waals surface area contributed by atoms with Crippen molar-refractivity contribution in [3.63, 3.8) is 0 Å². The number of carbonyl (C=O) groups excluding carboxylic acids is 1. The van der Waals surface area contributed by atoms with E-state index in [4.69, 9.17) is 0 Å². The largest absolute Gasteiger partial charge is 0.328 e. The van der Waals surface area contributed by atoms with Crippen molar-refractivity contribution in [1.29, 1.82) is 0 Å². The fourth-order valence-electron chi connectivity index (χ4n) is 1.68. The summed E-state index contributed by atoms with van der Waals surface area (Å²) in [5, 5.41) is 2.73. The van der Waals surface area contributed by atoms with Gasteiger partial charge >= 0.3 is 5.69 Å². The van der Waals surface area contributed by atoms with Crippen molar-refractivity contribution in [2.45, 2.75) is 13.5 Å². The van der Waals surface area contributed by atoms with Gasteiger partial charge < -0.3 is 5.32 Å². The van der Waals surface area contributed by atoms with E-state index < -0.39 is 11.2 Å². The molecule has 0 aliphatic carbocycles. The number of nitrogens with zero attached hydrogens (tertiary/aromatic N) is 1. The van der Waals surface area contributed by atoms with Crippen molar-refractivity contribution in [2.24, 2.45) is 0 Å². The molecule has 0 bridgehead atoms. The van der Waals surface area contributed by atoms with Gasteiger partial charge in [0.15, 0.2) is 0 Å². The van der Waals surface area contributed by atoms with E-state index in [1.165, 1.54) is 12.3 Å². The van der Waals surface area contributed by atoms with E-state index in [0.717, 1.165) is 13.7 Å². The molecule has 20 heavy (non-hydrogen) atoms. The minimum atomic E-state index is -0.605. The Hall–Kier alpha value is -1.90. The maximum Gasteiger partial charge on any atom is 0.328 e. The van der Waals surface area contributed by atoms with Gasteiger partial charge in [0.2, 0.25) is 5.91 Å². The normalized spacial score (nSPS) is 10.3. The summed E-state index contributed by atoms with van der Waals surface area (Å²) < 4.78 is 2.22. The van der Waals surface area contributed by atoms with Gasteiger partial charge in [-0.3, -0.25) is 19.1 Å². The summed E-state index contributed by atoms with van der Waals surface area (Å²) in [4.78, 5) is 36.4. The molecule has 1 heterocycles. The molecule has 0 aliphatic rings. The lowest BCUT2D eigenvalue weighted by molar-refractivity contribution is -0.116. The Morgan fingerprint density at radius 1 is 1.35 bits per heavy atom. The van der Waals surface area contributed by atoms with Gasteiger partial charge in [0, 0.05) is 21.5 Å². The SMILES string of the molecule is Cc1cc(I)ccc1NC(=O)Cn1ccc(=O)[nH]c1=O. The van der Waals surface area contributed by atoms with Gasteiger partial charge in [-0.25, -0.2) is 4.79 Å². The number of hydrogen-bond acceptors (Lipinski definition) is 3. The van der Waals surface area contributed by atoms with Crippen molar-refractivity contribution < 1.29 is 4.79 Å². The van der Waals surface area contributed by atoms with E-state index in [9.17, 15) is 14.4 Å². The molecule has 2 aromatic rings. The predicted molar refractivity (Wildman–Crippen MR) is 83.8 cm³/mol. The molecule has 1 aromatic heterocycles. The Labute approximate surface area is 128 Å². The summed E-state index contributed by atoms with van der Waals surface area (Å²) in [5.41, 5.74) is 0.555. The Morgan fingerprint density at radius 3 is 2.75 bits per heavy atom. The van der Waals surface area contributed by atoms with E-state index in [1.807, 2.05) is 25.1 Å². The number of aryl methyl sites for hydroxylation is 1. The van der Waals surface area contributed by atoms with E-state index in [2.05, 4.69) is 32.9 Å². The Morgan fingerprint density at radius 2 is 2.10 bits per heavy atom. The number of carbonyl (C=O) groups is 1. The highest BCUT2D eigenvalue weighted by atomic mass is 127. The van der Waals surface area contributed by atoms with Gasteiger partial charge in [0.1, 0.15) is 6.54 Å². The predicted octanol–water partition coefficient (Wildman–Crippen LogP) is 1.09. The van der Waals surface area contributed by atoms with E-state index in [1.54, 1.807) is 0 Å². The molecular formula is C13H12IN3O3. The van der Waals surface area contributed by atoms with Crippen molar-refractivity contribution >= 4 is 34.2 Å². The first-order valence-corrected chi connectivity index (χ1v) is 6.89. The van der Waals surface area contributed by atoms with Crippen molar-refractivity contribution in [2.75, 3.05) is 5.32 Å². The minimum Gasteiger partial charge on any atom is -0.324 e. The average molecular weight is 385 g/mol. The molecular weight excluding hydrogens is 373 g/mol. The average Bonchev–Trinajstić information content (AvgIpc) is 2.36. The zero-order chi connectivity index (χ0) is 14.7. The van der Waals surface area contributed by atoms with Crippen LogP contribution in [0.4, 0.5) is 5.69 Å². The molecule has 104 valence electrons. The van der Waals surface area contributed by atoms with Crippen LogP contribution in [-0.2, 0) is 11.3 Å². The van der Waals surface area contributed by atoms with Crippen LogP contribution in [0.1, 0.15) is 5.56 Å². The van der Waals surface area contributed by atoms with E-state index in [-0.39, 0.29) is 12.5 Å². The lowest BCUT2D eigenvalue weighted by Crippen LogP contribution is -2.32. The Kier molecular flexibility index (Phi) is 4.38. The lowest BCUT2D eigenvalue weighted by Gasteiger charge is -2.09. The molecule has 0 radical (unpaired) electrons. The van der Waals surface area contributed by atoms with Crippen molar-refractivity contribution in [3.05, 3.63) is 60.4 Å². The van der Waals surface area contributed by atoms with Gasteiger partial charge in [-0.15, -0.1) is 0 Å². The van der Waals surface area contributed by atoms with Crippen LogP contribution >= 0.6 is 22.6 Å². The first-order chi connectivity index (χ1) is 9.45. The van der Waals surface area contributed by atoms with Crippen LogP contribution in [0.2, 0.25) is 0 Å². The molecule has 0 atom stereocenters. The van der Waals surface area contributed by atoms with Gasteiger partial charge in [-0.1, -0.05) is 0 Å². The fourth-order valence-corrected chi connectivity index (χ4v) is 2.33. The molecule has 0 fully saturated rings. The highest BCUT2D eigenvalue weighted by molar-refractivity contribution is 14.1. The highest BCUT2D eigenvalue weighted by Gasteiger charge is 2.07. The number of amides is 1. The molecule has 0 unspecified atom stereocenters. The summed E-state index contributed by atoms with van der Waals surface area (Å²) >= 11 is 2.19. The maximum absolute atomic E-state index is 11.9. The molecule has 2 rings (SSSR count). The number of hydrogen-bond donors (Lipinski definition) is 2. The summed E-state index contributed by atoms with van der Waals surface area (Å²) in [5.74, 6) is -0.330. The third-order valence-corrected chi connectivity index (χ3v) is 3.34. The van der Waals surface area contributed by atoms with Crippen LogP contribution in [0.3, 0.4) is 0 Å². The fraction of sp³-hybridized carbons (Fsp3) is 0.154. The molecule has 1 amide bonds. The first kappa shape index (κ1) is 14.5. The van der Waals surface area contributed by atoms with E-state index >= 15 is 0 Å². The van der Waals surface area contributed by atoms with Crippen molar-refractivity contribution in [1.82, 2.24) is 9.55 Å². The first-order valence-electron chi connectivity index (χ1n) is 5.81. The molecule has 6 nitrogen and oxygen atoms in total. The summed E-state index contributed by atoms with van der Waals surface area (Å²) in [7, 11) is 0. The maximum atomic E-state index is 11.9. The van der Waals surface area contributed by atoms with Gasteiger partial charge in [-0.2, -0.15) is 0 Å². The molecule has 0 spiro atoms. The number of aromatic amines is 1. The second kappa shape index (κ2) is 6.04. The molecule has 7 heteroatoms. The summed E-state index contributed by atoms with van der Waals surface area (Å²) in [6.45, 7) is 1.74. The zero-order valence-corrected chi connectivity index (χ0v) is 12.8. The lowest BCUT2D eigenvalue weighted by atomic mass is 10.2. The molecule has 2 N–H and O–H groups in total. The number of rotatable bonds is 3. The molecule has 0 saturated heterocycles. The highest BCUT2D eigenvalue weighted by Crippen LogP contribution is 2.17. The topological polar surface area (TPSA) is 84.0 Å². The quantitative estimate of drug-likeness (QED) is 0.776. The summed E-state index contributed by atoms with van der Waals surface area (Å²) in [6.07, 6.45) is 1.29. The van der Waals surface area contributed by atoms with Crippen LogP contribution in [-0.4, -0.2) is 15.5 Å². The van der Waals surface area contributed by atoms with Gasteiger partial charge in [0.05, 0.1) is 0 Å². The minimum absolute atomic E-state index is 0.152. The standard InChI is InChI=1S/C13H12IN3O3/c1-8-6-9(14)2-3-10(8)15-12(19)7-17-5-4-11(18)16-13(17)20/h2-6H,7H2,1H3,(H,15,19)(H,16,18,20). The molecule has 0 aliphatic heterocycles. The van der Waals surface area contributed by atoms with Crippen LogP contribution in [0.25, 0.3) is 0 Å². The Bertz CT molecular complexity index is 764. The van der Waals surface area contributed by atoms with Crippen molar-refractivity contribution in [3.8, 4) is 0 Å². The second-order valence-corrected chi connectivity index (χ2v) is 5.49. The number of anilines is 1. The Balaban J connectivity index is 2.13. The summed E-state index contributed by atoms with van der Waals surface area (Å²) in [6, 6.07) is 6.84. The van der Waals surface area contributed by atoms with Crippen LogP contribution in [0.5, 0.6) is 0 Å². The smallest absolute Gasteiger partial charge is 0.324 e. The molecule has 1 aromatic carbocycles. The number of nitrogens with one attached hydrogen (secondary N) is 2. The van der Waals surface area contributed by atoms with Crippen LogP contribution in [0, 0.1) is 10.5 Å². The monoisotopic (exact) mass is 385 g/mol. The van der Waals surface area contributed by atoms with Gasteiger partial charge in [-0.05, 0) is 53.3 Å². The van der Waals surface area contributed by atoms with Gasteiger partial charge in [0.25, 0.3) is 5.56 Å². The van der Waals surface area contributed by atoms with E-state index in [0.29, 0.717) is 5.69 Å². The molecule has 0 saturated carbocycles. The van der Waals surface area contributed by atoms with Crippen LogP contribution < -0.4 is 16.6 Å². The number of halogens is 1. The van der Waals surface area contributed by atoms with Crippen LogP contribution in [0.15, 0.2) is 40.1 Å². The second-order valence-electron chi connectivity index (χ2n) is 4.25. The number of aromatic nitrogens is 2. The third kappa shape index (κ3) is 3.56. The third-order valence-electron chi connectivity index (χ3n) is 2.67.